The van der Waals surface area contributed by atoms with E-state index < -0.39 is 6.04 Å². The Labute approximate surface area is 218 Å². The molecular weight excluding hydrogens is 470 g/mol. The van der Waals surface area contributed by atoms with Gasteiger partial charge in [0.15, 0.2) is 0 Å². The van der Waals surface area contributed by atoms with E-state index in [-0.39, 0.29) is 30.5 Å². The zero-order chi connectivity index (χ0) is 26.2. The normalized spacial score (nSPS) is 18.3. The van der Waals surface area contributed by atoms with Crippen molar-refractivity contribution in [3.63, 3.8) is 0 Å². The minimum absolute atomic E-state index is 0.163. The van der Waals surface area contributed by atoms with E-state index in [1.807, 2.05) is 18.2 Å². The van der Waals surface area contributed by atoms with Gasteiger partial charge in [0.25, 0.3) is 0 Å². The molecule has 2 saturated heterocycles. The lowest BCUT2D eigenvalue weighted by atomic mass is 9.96. The predicted molar refractivity (Wildman–Crippen MR) is 143 cm³/mol. The molecule has 0 aliphatic carbocycles. The van der Waals surface area contributed by atoms with E-state index in [1.54, 1.807) is 14.1 Å². The lowest BCUT2D eigenvalue weighted by Gasteiger charge is -2.35. The zero-order valence-corrected chi connectivity index (χ0v) is 22.0. The van der Waals surface area contributed by atoms with Crippen LogP contribution in [0.1, 0.15) is 50.1 Å². The quantitative estimate of drug-likeness (QED) is 0.392. The molecule has 2 N–H and O–H groups in total. The van der Waals surface area contributed by atoms with Gasteiger partial charge in [0, 0.05) is 40.2 Å². The maximum atomic E-state index is 13.0. The lowest BCUT2D eigenvalue weighted by molar-refractivity contribution is -0.121. The fourth-order valence-corrected chi connectivity index (χ4v) is 5.50. The molecule has 9 nitrogen and oxygen atoms in total. The largest absolute Gasteiger partial charge is 0.365 e. The monoisotopic (exact) mass is 509 g/mol. The Bertz CT molecular complexity index is 1190. The summed E-state index contributed by atoms with van der Waals surface area (Å²) in [4.78, 5) is 39.1. The topological polar surface area (TPSA) is 97.6 Å². The summed E-state index contributed by atoms with van der Waals surface area (Å²) in [5.74, 6) is 6.94. The number of piperidine rings is 2. The molecule has 2 aliphatic rings. The Hall–Kier alpha value is -2.93. The summed E-state index contributed by atoms with van der Waals surface area (Å²) in [6.45, 7) is 5.99. The third-order valence-electron chi connectivity index (χ3n) is 7.66. The molecule has 1 amide bonds. The second-order valence-electron chi connectivity index (χ2n) is 10.1. The van der Waals surface area contributed by atoms with E-state index in [9.17, 15) is 14.4 Å². The molecule has 9 heteroatoms. The molecule has 3 heterocycles. The first-order valence-corrected chi connectivity index (χ1v) is 13.4. The van der Waals surface area contributed by atoms with Gasteiger partial charge in [-0.3, -0.25) is 13.9 Å². The fourth-order valence-electron chi connectivity index (χ4n) is 5.50. The number of ether oxygens (including phenoxy) is 1. The number of hydrogen-bond donors (Lipinski definition) is 2. The lowest BCUT2D eigenvalue weighted by Crippen LogP contribution is -2.41. The van der Waals surface area contributed by atoms with E-state index in [2.05, 4.69) is 27.4 Å². The average molecular weight is 510 g/mol. The van der Waals surface area contributed by atoms with E-state index in [0.29, 0.717) is 23.2 Å². The van der Waals surface area contributed by atoms with E-state index in [1.165, 1.54) is 28.5 Å². The molecule has 1 aromatic heterocycles. The van der Waals surface area contributed by atoms with Crippen LogP contribution in [-0.2, 0) is 21.4 Å². The van der Waals surface area contributed by atoms with Crippen molar-refractivity contribution < 1.29 is 14.3 Å². The molecule has 2 fully saturated rings. The first-order chi connectivity index (χ1) is 18.0. The van der Waals surface area contributed by atoms with Crippen molar-refractivity contribution in [2.45, 2.75) is 50.7 Å². The third kappa shape index (κ3) is 6.69. The van der Waals surface area contributed by atoms with Gasteiger partial charge in [0.1, 0.15) is 12.9 Å². The van der Waals surface area contributed by atoms with Gasteiger partial charge in [0.05, 0.1) is 28.7 Å². The van der Waals surface area contributed by atoms with Gasteiger partial charge >= 0.3 is 5.69 Å². The van der Waals surface area contributed by atoms with Crippen LogP contribution in [0.5, 0.6) is 0 Å². The highest BCUT2D eigenvalue weighted by molar-refractivity contribution is 5.84. The van der Waals surface area contributed by atoms with Crippen molar-refractivity contribution in [1.82, 2.24) is 24.7 Å². The first-order valence-electron chi connectivity index (χ1n) is 13.4. The molecule has 1 aromatic carbocycles. The Morgan fingerprint density at radius 2 is 2.00 bits per heavy atom. The minimum atomic E-state index is -0.722. The van der Waals surface area contributed by atoms with Gasteiger partial charge in [-0.05, 0) is 63.2 Å². The van der Waals surface area contributed by atoms with Gasteiger partial charge in [-0.1, -0.05) is 17.9 Å². The Kier molecular flexibility index (Phi) is 9.56. The van der Waals surface area contributed by atoms with Crippen LogP contribution in [0.15, 0.2) is 23.0 Å². The summed E-state index contributed by atoms with van der Waals surface area (Å²) in [6, 6.07) is 4.80. The van der Waals surface area contributed by atoms with Crippen LogP contribution in [-0.4, -0.2) is 78.7 Å². The number of aldehydes is 1. The van der Waals surface area contributed by atoms with Gasteiger partial charge < -0.3 is 25.1 Å². The van der Waals surface area contributed by atoms with Crippen LogP contribution >= 0.6 is 0 Å². The van der Waals surface area contributed by atoms with Gasteiger partial charge in [0.2, 0.25) is 5.91 Å². The summed E-state index contributed by atoms with van der Waals surface area (Å²) in [7, 11) is 3.23. The number of nitrogens with zero attached hydrogens (tertiary/aromatic N) is 3. The first kappa shape index (κ1) is 27.1. The summed E-state index contributed by atoms with van der Waals surface area (Å²) in [5, 5.41) is 5.99. The van der Waals surface area contributed by atoms with Crippen molar-refractivity contribution in [2.24, 2.45) is 13.0 Å². The molecule has 1 atom stereocenters. The van der Waals surface area contributed by atoms with Crippen LogP contribution in [0.25, 0.3) is 11.0 Å². The van der Waals surface area contributed by atoms with Crippen LogP contribution < -0.4 is 16.3 Å². The van der Waals surface area contributed by atoms with Gasteiger partial charge in [-0.2, -0.15) is 0 Å². The highest BCUT2D eigenvalue weighted by Gasteiger charge is 2.23. The number of imidazole rings is 1. The van der Waals surface area contributed by atoms with Gasteiger partial charge in [-0.25, -0.2) is 4.79 Å². The number of carbonyl (C=O) groups excluding carboxylic acids is 2. The highest BCUT2D eigenvalue weighted by Crippen LogP contribution is 2.22. The standard InChI is InChI=1S/C28H39N5O4/c1-29-26(35)9-8-23(20-34)33-25-7-3-5-22(27(25)31(2)28(33)36)6-4-18-37-24-12-16-32(17-13-24)19-21-10-14-30-15-11-21/h3,5,7,20-21,23-24,30H,8-19H2,1-2H3,(H,29,35). The molecule has 0 spiro atoms. The number of nitrogens with one attached hydrogen (secondary N) is 2. The Balaban J connectivity index is 1.37. The maximum absolute atomic E-state index is 13.0. The number of para-hydroxylation sites is 1. The number of amides is 1. The van der Waals surface area contributed by atoms with Crippen LogP contribution in [0, 0.1) is 17.8 Å². The van der Waals surface area contributed by atoms with Gasteiger partial charge in [-0.15, -0.1) is 0 Å². The summed E-state index contributed by atoms with van der Waals surface area (Å²) >= 11 is 0. The minimum Gasteiger partial charge on any atom is -0.365 e. The summed E-state index contributed by atoms with van der Waals surface area (Å²) in [5.41, 5.74) is 1.73. The van der Waals surface area contributed by atoms with Crippen LogP contribution in [0.4, 0.5) is 0 Å². The summed E-state index contributed by atoms with van der Waals surface area (Å²) in [6.07, 6.45) is 5.99. The van der Waals surface area contributed by atoms with Crippen molar-refractivity contribution >= 4 is 23.2 Å². The highest BCUT2D eigenvalue weighted by atomic mass is 16.5. The summed E-state index contributed by atoms with van der Waals surface area (Å²) < 4.78 is 9.05. The predicted octanol–water partition coefficient (Wildman–Crippen LogP) is 1.44. The molecule has 1 unspecified atom stereocenters. The second kappa shape index (κ2) is 13.0. The smallest absolute Gasteiger partial charge is 0.329 e. The Morgan fingerprint density at radius 3 is 2.70 bits per heavy atom. The fraction of sp³-hybridized carbons (Fsp3) is 0.607. The number of benzene rings is 1. The third-order valence-corrected chi connectivity index (χ3v) is 7.66. The SMILES string of the molecule is CNC(=O)CCC(C=O)n1c(=O)n(C)c2c(C#CCOC3CCN(CC4CCNCC4)CC3)cccc21. The van der Waals surface area contributed by atoms with E-state index in [0.717, 1.165) is 51.2 Å². The Morgan fingerprint density at radius 1 is 1.24 bits per heavy atom. The van der Waals surface area contributed by atoms with Crippen molar-refractivity contribution in [3.8, 4) is 11.8 Å². The molecule has 2 aliphatic heterocycles. The average Bonchev–Trinajstić information content (AvgIpc) is 3.18. The second-order valence-corrected chi connectivity index (χ2v) is 10.1. The molecule has 37 heavy (non-hydrogen) atoms. The molecule has 4 rings (SSSR count). The number of aryl methyl sites for hydroxylation is 1. The van der Waals surface area contributed by atoms with Crippen LogP contribution in [0.3, 0.4) is 0 Å². The molecule has 2 aromatic rings. The van der Waals surface area contributed by atoms with Crippen LogP contribution in [0.2, 0.25) is 0 Å². The number of aromatic nitrogens is 2. The van der Waals surface area contributed by atoms with E-state index >= 15 is 0 Å². The van der Waals surface area contributed by atoms with Crippen molar-refractivity contribution in [3.05, 3.63) is 34.2 Å². The number of hydrogen-bond acceptors (Lipinski definition) is 6. The van der Waals surface area contributed by atoms with E-state index in [4.69, 9.17) is 4.74 Å². The van der Waals surface area contributed by atoms with Crippen molar-refractivity contribution in [1.29, 1.82) is 0 Å². The molecule has 0 radical (unpaired) electrons. The number of fused-ring (bicyclic) bond motifs is 1. The van der Waals surface area contributed by atoms with Crippen molar-refractivity contribution in [2.75, 3.05) is 46.4 Å². The molecule has 0 bridgehead atoms. The zero-order valence-electron chi connectivity index (χ0n) is 22.0. The number of carbonyl (C=O) groups is 2. The molecular formula is C28H39N5O4. The molecule has 200 valence electrons. The number of rotatable bonds is 9. The maximum Gasteiger partial charge on any atom is 0.329 e. The molecule has 0 saturated carbocycles. The number of likely N-dealkylation sites (tertiary alicyclic amines) is 1.